The molecular formula is C9H11ClF3N. The normalized spacial score (nSPS) is 12.1. The van der Waals surface area contributed by atoms with Gasteiger partial charge in [-0.05, 0) is 12.5 Å². The van der Waals surface area contributed by atoms with Crippen LogP contribution in [0.1, 0.15) is 24.9 Å². The van der Waals surface area contributed by atoms with Gasteiger partial charge in [-0.25, -0.2) is 13.2 Å². The third kappa shape index (κ3) is 2.62. The van der Waals surface area contributed by atoms with E-state index >= 15 is 0 Å². The summed E-state index contributed by atoms with van der Waals surface area (Å²) in [5, 5.41) is 0. The quantitative estimate of drug-likeness (QED) is 0.770. The maximum Gasteiger partial charge on any atom is 0.161 e. The van der Waals surface area contributed by atoms with Gasteiger partial charge in [-0.15, -0.1) is 12.4 Å². The third-order valence-corrected chi connectivity index (χ3v) is 1.88. The standard InChI is InChI=1S/C9H10F3N.ClH/c1-2-9(13)5-3-7(11)8(12)4-6(5)10;/h3-4,9H,2,13H2,1H3;1H/t9-;/m0./s1. The summed E-state index contributed by atoms with van der Waals surface area (Å²) in [6.07, 6.45) is 0.474. The highest BCUT2D eigenvalue weighted by atomic mass is 35.5. The number of rotatable bonds is 2. The average Bonchev–Trinajstić information content (AvgIpc) is 2.10. The van der Waals surface area contributed by atoms with E-state index in [9.17, 15) is 13.2 Å². The van der Waals surface area contributed by atoms with E-state index in [1.807, 2.05) is 0 Å². The van der Waals surface area contributed by atoms with E-state index in [0.717, 1.165) is 6.07 Å². The molecule has 0 heterocycles. The molecule has 0 fully saturated rings. The molecular weight excluding hydrogens is 215 g/mol. The molecule has 5 heteroatoms. The molecule has 0 unspecified atom stereocenters. The van der Waals surface area contributed by atoms with E-state index in [-0.39, 0.29) is 18.0 Å². The molecule has 0 radical (unpaired) electrons. The van der Waals surface area contributed by atoms with Crippen LogP contribution in [0.15, 0.2) is 12.1 Å². The minimum absolute atomic E-state index is 0. The monoisotopic (exact) mass is 225 g/mol. The molecule has 0 aliphatic heterocycles. The van der Waals surface area contributed by atoms with Gasteiger partial charge in [0.1, 0.15) is 5.82 Å². The van der Waals surface area contributed by atoms with Crippen molar-refractivity contribution < 1.29 is 13.2 Å². The van der Waals surface area contributed by atoms with Crippen LogP contribution < -0.4 is 5.73 Å². The maximum absolute atomic E-state index is 13.0. The number of halogens is 4. The zero-order valence-corrected chi connectivity index (χ0v) is 8.38. The van der Waals surface area contributed by atoms with Gasteiger partial charge in [-0.3, -0.25) is 0 Å². The van der Waals surface area contributed by atoms with Crippen LogP contribution in [0.2, 0.25) is 0 Å². The Morgan fingerprint density at radius 2 is 1.64 bits per heavy atom. The number of hydrogen-bond acceptors (Lipinski definition) is 1. The molecule has 1 nitrogen and oxygen atoms in total. The smallest absolute Gasteiger partial charge is 0.161 e. The molecule has 1 aromatic carbocycles. The minimum atomic E-state index is -1.19. The summed E-state index contributed by atoms with van der Waals surface area (Å²) in [6.45, 7) is 1.74. The van der Waals surface area contributed by atoms with Gasteiger partial charge >= 0.3 is 0 Å². The van der Waals surface area contributed by atoms with Crippen molar-refractivity contribution in [2.45, 2.75) is 19.4 Å². The minimum Gasteiger partial charge on any atom is -0.324 e. The van der Waals surface area contributed by atoms with Crippen LogP contribution in [0.3, 0.4) is 0 Å². The molecule has 0 bridgehead atoms. The van der Waals surface area contributed by atoms with Crippen molar-refractivity contribution in [2.75, 3.05) is 0 Å². The molecule has 0 aliphatic carbocycles. The van der Waals surface area contributed by atoms with Gasteiger partial charge < -0.3 is 5.73 Å². The molecule has 1 rings (SSSR count). The van der Waals surface area contributed by atoms with Gasteiger partial charge in [0.2, 0.25) is 0 Å². The number of hydrogen-bond donors (Lipinski definition) is 1. The highest BCUT2D eigenvalue weighted by Gasteiger charge is 2.13. The fourth-order valence-electron chi connectivity index (χ4n) is 1.04. The summed E-state index contributed by atoms with van der Waals surface area (Å²) in [5.41, 5.74) is 5.50. The summed E-state index contributed by atoms with van der Waals surface area (Å²) >= 11 is 0. The van der Waals surface area contributed by atoms with Gasteiger partial charge in [0.25, 0.3) is 0 Å². The fraction of sp³-hybridized carbons (Fsp3) is 0.333. The Labute approximate surface area is 86.5 Å². The van der Waals surface area contributed by atoms with E-state index in [1.165, 1.54) is 0 Å². The maximum atomic E-state index is 13.0. The highest BCUT2D eigenvalue weighted by molar-refractivity contribution is 5.85. The summed E-state index contributed by atoms with van der Waals surface area (Å²) < 4.78 is 38.1. The Morgan fingerprint density at radius 3 is 2.14 bits per heavy atom. The van der Waals surface area contributed by atoms with Gasteiger partial charge in [-0.2, -0.15) is 0 Å². The van der Waals surface area contributed by atoms with Gasteiger partial charge in [0.15, 0.2) is 11.6 Å². The molecule has 14 heavy (non-hydrogen) atoms. The lowest BCUT2D eigenvalue weighted by molar-refractivity contribution is 0.483. The van der Waals surface area contributed by atoms with Crippen LogP contribution in [0, 0.1) is 17.5 Å². The van der Waals surface area contributed by atoms with Crippen molar-refractivity contribution in [2.24, 2.45) is 5.73 Å². The van der Waals surface area contributed by atoms with Crippen LogP contribution in [-0.2, 0) is 0 Å². The van der Waals surface area contributed by atoms with Gasteiger partial charge in [0, 0.05) is 17.7 Å². The van der Waals surface area contributed by atoms with E-state index in [4.69, 9.17) is 5.73 Å². The SMILES string of the molecule is CC[C@H](N)c1cc(F)c(F)cc1F.Cl. The fourth-order valence-corrected chi connectivity index (χ4v) is 1.04. The summed E-state index contributed by atoms with van der Waals surface area (Å²) in [6, 6.07) is 0.731. The second-order valence-corrected chi connectivity index (χ2v) is 2.80. The first-order valence-electron chi connectivity index (χ1n) is 3.96. The third-order valence-electron chi connectivity index (χ3n) is 1.88. The second-order valence-electron chi connectivity index (χ2n) is 2.80. The largest absolute Gasteiger partial charge is 0.324 e. The van der Waals surface area contributed by atoms with Crippen molar-refractivity contribution in [1.29, 1.82) is 0 Å². The van der Waals surface area contributed by atoms with Crippen LogP contribution in [0.5, 0.6) is 0 Å². The Hall–Kier alpha value is -0.740. The molecule has 0 aliphatic rings. The Kier molecular flexibility index (Phi) is 4.94. The zero-order valence-electron chi connectivity index (χ0n) is 7.56. The number of benzene rings is 1. The first kappa shape index (κ1) is 13.3. The zero-order chi connectivity index (χ0) is 10.0. The van der Waals surface area contributed by atoms with Gasteiger partial charge in [-0.1, -0.05) is 6.92 Å². The lowest BCUT2D eigenvalue weighted by Crippen LogP contribution is -2.11. The molecule has 1 atom stereocenters. The van der Waals surface area contributed by atoms with Crippen LogP contribution in [-0.4, -0.2) is 0 Å². The lowest BCUT2D eigenvalue weighted by atomic mass is 10.0. The predicted molar refractivity (Wildman–Crippen MR) is 50.8 cm³/mol. The Balaban J connectivity index is 0.00000169. The van der Waals surface area contributed by atoms with Crippen molar-refractivity contribution in [1.82, 2.24) is 0 Å². The number of nitrogens with two attached hydrogens (primary N) is 1. The molecule has 0 saturated carbocycles. The van der Waals surface area contributed by atoms with E-state index in [0.29, 0.717) is 12.5 Å². The summed E-state index contributed by atoms with van der Waals surface area (Å²) in [4.78, 5) is 0. The van der Waals surface area contributed by atoms with E-state index in [1.54, 1.807) is 6.92 Å². The topological polar surface area (TPSA) is 26.0 Å². The summed E-state index contributed by atoms with van der Waals surface area (Å²) in [5.74, 6) is -3.06. The molecule has 1 aromatic rings. The first-order valence-corrected chi connectivity index (χ1v) is 3.96. The molecule has 0 saturated heterocycles. The molecule has 0 spiro atoms. The molecule has 2 N–H and O–H groups in total. The van der Waals surface area contributed by atoms with Crippen LogP contribution in [0.4, 0.5) is 13.2 Å². The lowest BCUT2D eigenvalue weighted by Gasteiger charge is -2.10. The van der Waals surface area contributed by atoms with Crippen molar-refractivity contribution in [3.05, 3.63) is 35.1 Å². The van der Waals surface area contributed by atoms with E-state index < -0.39 is 23.5 Å². The van der Waals surface area contributed by atoms with Crippen molar-refractivity contribution in [3.8, 4) is 0 Å². The van der Waals surface area contributed by atoms with Crippen molar-refractivity contribution in [3.63, 3.8) is 0 Å². The van der Waals surface area contributed by atoms with E-state index in [2.05, 4.69) is 0 Å². The first-order chi connectivity index (χ1) is 6.06. The Bertz CT molecular complexity index is 317. The second kappa shape index (κ2) is 5.22. The molecule has 80 valence electrons. The Morgan fingerprint density at radius 1 is 1.14 bits per heavy atom. The predicted octanol–water partition coefficient (Wildman–Crippen LogP) is 2.94. The van der Waals surface area contributed by atoms with Gasteiger partial charge in [0.05, 0.1) is 0 Å². The van der Waals surface area contributed by atoms with Crippen LogP contribution in [0.25, 0.3) is 0 Å². The summed E-state index contributed by atoms with van der Waals surface area (Å²) in [7, 11) is 0. The molecule has 0 amide bonds. The van der Waals surface area contributed by atoms with Crippen molar-refractivity contribution >= 4 is 12.4 Å². The van der Waals surface area contributed by atoms with Crippen LogP contribution >= 0.6 is 12.4 Å². The molecule has 0 aromatic heterocycles. The average molecular weight is 226 g/mol. The highest BCUT2D eigenvalue weighted by Crippen LogP contribution is 2.20.